The predicted octanol–water partition coefficient (Wildman–Crippen LogP) is 8.58. The SMILES string of the molecule is Cn1nc(C(F)(F)F)cc1-c1ccc(N)s1.Cn1nc(C(F)(F)F)cc1-c1ccc(NC(=O)c2c(F)cncc2F)s1.O=C(Cl)c1c(F)cncc1F. The highest BCUT2D eigenvalue weighted by molar-refractivity contribution is 7.19. The number of hydrogen-bond donors (Lipinski definition) is 2. The number of nitrogens with one attached hydrogen (secondary N) is 1. The van der Waals surface area contributed by atoms with Gasteiger partial charge in [0.2, 0.25) is 0 Å². The molecule has 0 aliphatic carbocycles. The van der Waals surface area contributed by atoms with Gasteiger partial charge in [0, 0.05) is 14.1 Å². The predicted molar refractivity (Wildman–Crippen MR) is 174 cm³/mol. The molecule has 0 aliphatic rings. The first-order valence-electron chi connectivity index (χ1n) is 13.9. The smallest absolute Gasteiger partial charge is 0.391 e. The Bertz CT molecular complexity index is 2220. The zero-order valence-corrected chi connectivity index (χ0v) is 28.7. The van der Waals surface area contributed by atoms with Gasteiger partial charge in [-0.1, -0.05) is 0 Å². The van der Waals surface area contributed by atoms with Gasteiger partial charge in [-0.15, -0.1) is 22.7 Å². The minimum atomic E-state index is -4.58. The lowest BCUT2D eigenvalue weighted by molar-refractivity contribution is -0.142. The summed E-state index contributed by atoms with van der Waals surface area (Å²) >= 11 is 7.03. The maximum atomic E-state index is 13.6. The lowest BCUT2D eigenvalue weighted by Crippen LogP contribution is -2.15. The quantitative estimate of drug-likeness (QED) is 0.132. The lowest BCUT2D eigenvalue weighted by atomic mass is 10.2. The second kappa shape index (κ2) is 16.1. The first-order valence-corrected chi connectivity index (χ1v) is 16.0. The number of rotatable bonds is 5. The average molecular weight is 813 g/mol. The zero-order valence-electron chi connectivity index (χ0n) is 26.3. The van der Waals surface area contributed by atoms with E-state index in [1.54, 1.807) is 12.1 Å². The molecule has 0 radical (unpaired) electrons. The van der Waals surface area contributed by atoms with Gasteiger partial charge in [-0.3, -0.25) is 28.9 Å². The summed E-state index contributed by atoms with van der Waals surface area (Å²) in [6, 6.07) is 8.11. The van der Waals surface area contributed by atoms with Crippen molar-refractivity contribution in [3.8, 4) is 21.1 Å². The molecule has 6 aromatic rings. The Balaban J connectivity index is 0.000000197. The molecule has 53 heavy (non-hydrogen) atoms. The van der Waals surface area contributed by atoms with Crippen molar-refractivity contribution in [1.29, 1.82) is 0 Å². The molecular weight excluding hydrogens is 794 g/mol. The number of nitrogens with zero attached hydrogens (tertiary/aromatic N) is 6. The molecule has 6 aromatic heterocycles. The van der Waals surface area contributed by atoms with E-state index in [9.17, 15) is 53.5 Å². The van der Waals surface area contributed by atoms with E-state index in [-0.39, 0.29) is 10.7 Å². The van der Waals surface area contributed by atoms with Crippen LogP contribution in [0, 0.1) is 23.3 Å². The fraction of sp³-hybridized carbons (Fsp3) is 0.133. The van der Waals surface area contributed by atoms with E-state index in [0.717, 1.165) is 40.5 Å². The number of amides is 1. The summed E-state index contributed by atoms with van der Waals surface area (Å²) < 4.78 is 130. The van der Waals surface area contributed by atoms with Gasteiger partial charge < -0.3 is 11.1 Å². The highest BCUT2D eigenvalue weighted by Crippen LogP contribution is 2.36. The summed E-state index contributed by atoms with van der Waals surface area (Å²) in [5.41, 5.74) is 2.62. The van der Waals surface area contributed by atoms with E-state index in [4.69, 9.17) is 17.3 Å². The van der Waals surface area contributed by atoms with Crippen LogP contribution in [0.15, 0.2) is 61.2 Å². The van der Waals surface area contributed by atoms with E-state index < -0.39 is 69.3 Å². The number of halogens is 11. The fourth-order valence-electron chi connectivity index (χ4n) is 4.11. The monoisotopic (exact) mass is 812 g/mol. The molecule has 0 unspecified atom stereocenters. The van der Waals surface area contributed by atoms with Crippen molar-refractivity contribution in [3.05, 3.63) is 107 Å². The van der Waals surface area contributed by atoms with Crippen LogP contribution in [0.1, 0.15) is 32.1 Å². The molecule has 0 aliphatic heterocycles. The number of aryl methyl sites for hydroxylation is 2. The van der Waals surface area contributed by atoms with Crippen LogP contribution in [0.5, 0.6) is 0 Å². The minimum absolute atomic E-state index is 0.184. The van der Waals surface area contributed by atoms with Crippen LogP contribution in [-0.4, -0.2) is 40.7 Å². The molecule has 6 heterocycles. The molecule has 3 N–H and O–H groups in total. The molecule has 6 rings (SSSR count). The average Bonchev–Trinajstić information content (AvgIpc) is 3.84. The highest BCUT2D eigenvalue weighted by Gasteiger charge is 2.36. The molecule has 280 valence electrons. The number of nitrogens with two attached hydrogens (primary N) is 1. The van der Waals surface area contributed by atoms with Gasteiger partial charge in [-0.05, 0) is 48.0 Å². The molecular formula is C30H19ClF10N8O2S2. The first-order chi connectivity index (χ1) is 24.7. The van der Waals surface area contributed by atoms with Crippen molar-refractivity contribution < 1.29 is 53.5 Å². The Kier molecular flexibility index (Phi) is 12.3. The van der Waals surface area contributed by atoms with Gasteiger partial charge in [0.25, 0.3) is 11.1 Å². The summed E-state index contributed by atoms with van der Waals surface area (Å²) in [5.74, 6) is -5.38. The van der Waals surface area contributed by atoms with Crippen molar-refractivity contribution in [2.75, 3.05) is 11.1 Å². The molecule has 0 fully saturated rings. The van der Waals surface area contributed by atoms with Crippen molar-refractivity contribution in [1.82, 2.24) is 29.5 Å². The summed E-state index contributed by atoms with van der Waals surface area (Å²) in [6.45, 7) is 0. The number of anilines is 2. The highest BCUT2D eigenvalue weighted by atomic mass is 35.5. The minimum Gasteiger partial charge on any atom is -0.391 e. The van der Waals surface area contributed by atoms with Crippen LogP contribution >= 0.6 is 34.3 Å². The molecule has 23 heteroatoms. The summed E-state index contributed by atoms with van der Waals surface area (Å²) in [5, 5.41) is 8.74. The van der Waals surface area contributed by atoms with E-state index >= 15 is 0 Å². The van der Waals surface area contributed by atoms with Crippen LogP contribution in [-0.2, 0) is 26.4 Å². The molecule has 0 bridgehead atoms. The van der Waals surface area contributed by atoms with E-state index in [2.05, 4.69) is 25.5 Å². The lowest BCUT2D eigenvalue weighted by Gasteiger charge is -2.04. The van der Waals surface area contributed by atoms with Crippen LogP contribution in [0.4, 0.5) is 53.9 Å². The summed E-state index contributed by atoms with van der Waals surface area (Å²) in [7, 11) is 2.82. The molecule has 10 nitrogen and oxygen atoms in total. The van der Waals surface area contributed by atoms with Gasteiger partial charge >= 0.3 is 12.4 Å². The number of aromatic nitrogens is 6. The number of alkyl halides is 6. The Labute approximate surface area is 303 Å². The number of pyridine rings is 2. The Hall–Kier alpha value is -5.35. The largest absolute Gasteiger partial charge is 0.435 e. The number of nitrogen functional groups attached to an aromatic ring is 1. The maximum absolute atomic E-state index is 13.6. The summed E-state index contributed by atoms with van der Waals surface area (Å²) in [4.78, 5) is 29.9. The van der Waals surface area contributed by atoms with Crippen LogP contribution in [0.25, 0.3) is 21.1 Å². The Morgan fingerprint density at radius 1 is 0.698 bits per heavy atom. The van der Waals surface area contributed by atoms with Crippen molar-refractivity contribution >= 4 is 55.4 Å². The van der Waals surface area contributed by atoms with Crippen molar-refractivity contribution in [2.45, 2.75) is 12.4 Å². The number of carbonyl (C=O) groups is 2. The maximum Gasteiger partial charge on any atom is 0.435 e. The first kappa shape index (κ1) is 40.4. The van der Waals surface area contributed by atoms with E-state index in [0.29, 0.717) is 32.8 Å². The molecule has 0 saturated carbocycles. The van der Waals surface area contributed by atoms with Gasteiger partial charge in [0.1, 0.15) is 11.1 Å². The van der Waals surface area contributed by atoms with E-state index in [1.807, 2.05) is 0 Å². The standard InChI is InChI=1S/C15H9F5N4OS.C9H8F3N3S.C6H2ClF2NO/c1-24-9(4-11(23-24)15(18,19)20)10-2-3-12(26-10)22-14(25)13-7(16)5-21-6-8(13)17;1-15-5(6-2-3-8(13)16-6)4-7(14-15)9(10,11)12;7-6(11)5-3(8)1-10-2-4(5)9/h2-6H,1H3,(H,22,25);2-4H,13H2,1H3;1-2H. The molecule has 0 spiro atoms. The number of carbonyl (C=O) groups excluding carboxylic acids is 2. The topological polar surface area (TPSA) is 134 Å². The number of hydrogen-bond acceptors (Lipinski definition) is 9. The van der Waals surface area contributed by atoms with Crippen molar-refractivity contribution in [2.24, 2.45) is 14.1 Å². The second-order valence-electron chi connectivity index (χ2n) is 10.1. The molecule has 0 atom stereocenters. The zero-order chi connectivity index (χ0) is 39.4. The summed E-state index contributed by atoms with van der Waals surface area (Å²) in [6.07, 6.45) is -6.16. The van der Waals surface area contributed by atoms with Gasteiger partial charge in [0.05, 0.1) is 55.9 Å². The molecule has 0 aromatic carbocycles. The normalized spacial score (nSPS) is 11.3. The van der Waals surface area contributed by atoms with Gasteiger partial charge in [-0.25, -0.2) is 17.6 Å². The fourth-order valence-corrected chi connectivity index (χ4v) is 6.06. The third-order valence-corrected chi connectivity index (χ3v) is 8.59. The number of thiophene rings is 2. The third-order valence-electron chi connectivity index (χ3n) is 6.45. The van der Waals surface area contributed by atoms with Crippen LogP contribution in [0.3, 0.4) is 0 Å². The third kappa shape index (κ3) is 9.96. The molecule has 1 amide bonds. The molecule has 0 saturated heterocycles. The van der Waals surface area contributed by atoms with Crippen LogP contribution in [0.2, 0.25) is 0 Å². The Morgan fingerprint density at radius 3 is 1.47 bits per heavy atom. The van der Waals surface area contributed by atoms with E-state index in [1.165, 1.54) is 42.2 Å². The van der Waals surface area contributed by atoms with Gasteiger partial charge in [-0.2, -0.15) is 36.5 Å². The van der Waals surface area contributed by atoms with Gasteiger partial charge in [0.15, 0.2) is 34.7 Å². The van der Waals surface area contributed by atoms with Crippen LogP contribution < -0.4 is 11.1 Å². The van der Waals surface area contributed by atoms with Crippen molar-refractivity contribution in [3.63, 3.8) is 0 Å². The Morgan fingerprint density at radius 2 is 1.11 bits per heavy atom. The second-order valence-corrected chi connectivity index (χ2v) is 12.7.